The van der Waals surface area contributed by atoms with Crippen LogP contribution >= 0.6 is 0 Å². The van der Waals surface area contributed by atoms with Crippen molar-refractivity contribution in [1.82, 2.24) is 0 Å². The Morgan fingerprint density at radius 2 is 1.83 bits per heavy atom. The molecule has 0 radical (unpaired) electrons. The predicted molar refractivity (Wildman–Crippen MR) is 153 cm³/mol. The molecule has 2 aliphatic heterocycles. The van der Waals surface area contributed by atoms with Crippen LogP contribution in [0.4, 0.5) is 0 Å². The molecule has 0 bridgehead atoms. The zero-order valence-electron chi connectivity index (χ0n) is 25.7. The van der Waals surface area contributed by atoms with E-state index in [1.807, 2.05) is 13.0 Å². The summed E-state index contributed by atoms with van der Waals surface area (Å²) in [6.07, 6.45) is 3.87. The molecule has 0 aromatic carbocycles. The number of fused-ring (bicyclic) bond motifs is 7. The first-order valence-electron chi connectivity index (χ1n) is 16.4. The number of aliphatic hydroxyl groups is 5. The van der Waals surface area contributed by atoms with E-state index in [2.05, 4.69) is 20.8 Å². The van der Waals surface area contributed by atoms with Gasteiger partial charge in [0.25, 0.3) is 0 Å². The van der Waals surface area contributed by atoms with Crippen molar-refractivity contribution in [2.24, 2.45) is 46.3 Å². The molecule has 0 amide bonds. The smallest absolute Gasteiger partial charge is 0.186 e. The van der Waals surface area contributed by atoms with Crippen LogP contribution in [0, 0.1) is 46.3 Å². The Balaban J connectivity index is 1.06. The van der Waals surface area contributed by atoms with Gasteiger partial charge in [0.05, 0.1) is 19.3 Å². The standard InChI is InChI=1S/C33H52O9/c1-17(16-40-30-29(38)28(37)27(36)25(15-34)41-30)7-12-33(39)18(2)26-24(42-33)14-23-21-6-5-19-13-20(35)8-10-31(19,3)22(21)9-11-32(23,26)4/h13,17-18,21-30,34,36-39H,5-12,14-16H2,1-4H3. The van der Waals surface area contributed by atoms with E-state index in [-0.39, 0.29) is 35.4 Å². The number of aliphatic hydroxyl groups excluding tert-OH is 4. The first-order valence-corrected chi connectivity index (χ1v) is 16.4. The molecule has 5 fully saturated rings. The van der Waals surface area contributed by atoms with Crippen molar-refractivity contribution >= 4 is 5.78 Å². The van der Waals surface area contributed by atoms with E-state index in [1.165, 1.54) is 12.0 Å². The molecule has 0 aromatic heterocycles. The van der Waals surface area contributed by atoms with E-state index in [4.69, 9.17) is 14.2 Å². The van der Waals surface area contributed by atoms with Crippen molar-refractivity contribution in [2.45, 2.75) is 128 Å². The van der Waals surface area contributed by atoms with E-state index < -0.39 is 43.1 Å². The maximum atomic E-state index is 12.2. The van der Waals surface area contributed by atoms with Gasteiger partial charge in [-0.05, 0) is 91.4 Å². The van der Waals surface area contributed by atoms with Gasteiger partial charge in [-0.3, -0.25) is 4.79 Å². The van der Waals surface area contributed by atoms with Crippen molar-refractivity contribution in [2.75, 3.05) is 13.2 Å². The predicted octanol–water partition coefficient (Wildman–Crippen LogP) is 2.70. The highest BCUT2D eigenvalue weighted by atomic mass is 16.7. The molecule has 5 N–H and O–H groups in total. The van der Waals surface area contributed by atoms with Crippen molar-refractivity contribution in [3.05, 3.63) is 11.6 Å². The van der Waals surface area contributed by atoms with Crippen LogP contribution in [0.25, 0.3) is 0 Å². The third kappa shape index (κ3) is 4.85. The van der Waals surface area contributed by atoms with Gasteiger partial charge in [0.15, 0.2) is 17.9 Å². The summed E-state index contributed by atoms with van der Waals surface area (Å²) in [4.78, 5) is 12.2. The van der Waals surface area contributed by atoms with Crippen LogP contribution in [0.3, 0.4) is 0 Å². The van der Waals surface area contributed by atoms with Gasteiger partial charge in [0.1, 0.15) is 24.4 Å². The van der Waals surface area contributed by atoms with Gasteiger partial charge in [-0.1, -0.05) is 33.3 Å². The second-order valence-corrected chi connectivity index (χ2v) is 15.2. The number of carbonyl (C=O) groups is 1. The maximum Gasteiger partial charge on any atom is 0.186 e. The summed E-state index contributed by atoms with van der Waals surface area (Å²) in [7, 11) is 0. The third-order valence-corrected chi connectivity index (χ3v) is 13.0. The highest BCUT2D eigenvalue weighted by Gasteiger charge is 2.67. The van der Waals surface area contributed by atoms with Gasteiger partial charge >= 0.3 is 0 Å². The Morgan fingerprint density at radius 3 is 2.57 bits per heavy atom. The fraction of sp³-hybridized carbons (Fsp3) is 0.909. The Kier molecular flexibility index (Phi) is 8.26. The number of rotatable bonds is 7. The highest BCUT2D eigenvalue weighted by Crippen LogP contribution is 2.70. The van der Waals surface area contributed by atoms with Crippen LogP contribution in [-0.4, -0.2) is 87.1 Å². The summed E-state index contributed by atoms with van der Waals surface area (Å²) in [6, 6.07) is 0. The van der Waals surface area contributed by atoms with E-state index in [0.717, 1.165) is 32.1 Å². The third-order valence-electron chi connectivity index (χ3n) is 13.0. The number of ketones is 1. The summed E-state index contributed by atoms with van der Waals surface area (Å²) >= 11 is 0. The van der Waals surface area contributed by atoms with Crippen LogP contribution in [0.15, 0.2) is 11.6 Å². The molecule has 0 aromatic rings. The summed E-state index contributed by atoms with van der Waals surface area (Å²) in [5.41, 5.74) is 1.68. The zero-order valence-corrected chi connectivity index (χ0v) is 25.7. The lowest BCUT2D eigenvalue weighted by Gasteiger charge is -2.58. The Morgan fingerprint density at radius 1 is 1.07 bits per heavy atom. The fourth-order valence-electron chi connectivity index (χ4n) is 10.5. The summed E-state index contributed by atoms with van der Waals surface area (Å²) in [5.74, 6) is 1.29. The van der Waals surface area contributed by atoms with Crippen molar-refractivity contribution in [3.63, 3.8) is 0 Å². The molecule has 15 unspecified atom stereocenters. The Bertz CT molecular complexity index is 1060. The van der Waals surface area contributed by atoms with Crippen LogP contribution in [0.1, 0.15) is 85.5 Å². The zero-order chi connectivity index (χ0) is 30.2. The van der Waals surface area contributed by atoms with Crippen LogP contribution in [-0.2, 0) is 19.0 Å². The molecule has 4 aliphatic carbocycles. The molecule has 2 heterocycles. The first-order chi connectivity index (χ1) is 19.8. The molecule has 9 heteroatoms. The molecule has 0 spiro atoms. The van der Waals surface area contributed by atoms with E-state index in [1.54, 1.807) is 0 Å². The van der Waals surface area contributed by atoms with Crippen molar-refractivity contribution in [1.29, 1.82) is 0 Å². The quantitative estimate of drug-likeness (QED) is 0.301. The second kappa shape index (κ2) is 11.2. The lowest BCUT2D eigenvalue weighted by atomic mass is 9.46. The van der Waals surface area contributed by atoms with Gasteiger partial charge in [0, 0.05) is 18.8 Å². The topological polar surface area (TPSA) is 146 Å². The minimum atomic E-state index is -1.47. The summed E-state index contributed by atoms with van der Waals surface area (Å²) in [5, 5.41) is 51.5. The Hall–Kier alpha value is -0.910. The van der Waals surface area contributed by atoms with Gasteiger partial charge in [0.2, 0.25) is 0 Å². The first kappa shape index (κ1) is 31.1. The van der Waals surface area contributed by atoms with Crippen molar-refractivity contribution < 1.29 is 44.5 Å². The van der Waals surface area contributed by atoms with Crippen molar-refractivity contribution in [3.8, 4) is 0 Å². The van der Waals surface area contributed by atoms with E-state index in [9.17, 15) is 30.3 Å². The molecule has 238 valence electrons. The monoisotopic (exact) mass is 592 g/mol. The average molecular weight is 593 g/mol. The summed E-state index contributed by atoms with van der Waals surface area (Å²) < 4.78 is 17.8. The summed E-state index contributed by atoms with van der Waals surface area (Å²) in [6.45, 7) is 8.77. The molecular formula is C33H52O9. The van der Waals surface area contributed by atoms with Gasteiger partial charge in [-0.15, -0.1) is 0 Å². The van der Waals surface area contributed by atoms with Crippen LogP contribution < -0.4 is 0 Å². The second-order valence-electron chi connectivity index (χ2n) is 15.2. The number of hydrogen-bond acceptors (Lipinski definition) is 9. The highest BCUT2D eigenvalue weighted by molar-refractivity contribution is 5.91. The SMILES string of the molecule is CC(CCC1(O)OC2CC3C4CCC5=CC(=O)CCC5(C)C4CCC3(C)C2C1C)COC1OC(CO)C(O)C(O)C1O. The van der Waals surface area contributed by atoms with Gasteiger partial charge in [-0.25, -0.2) is 0 Å². The van der Waals surface area contributed by atoms with Crippen LogP contribution in [0.5, 0.6) is 0 Å². The molecule has 42 heavy (non-hydrogen) atoms. The fourth-order valence-corrected chi connectivity index (χ4v) is 10.5. The largest absolute Gasteiger partial charge is 0.394 e. The molecule has 2 saturated heterocycles. The maximum absolute atomic E-state index is 12.2. The number of hydrogen-bond donors (Lipinski definition) is 5. The average Bonchev–Trinajstić information content (AvgIpc) is 3.39. The molecule has 6 aliphatic rings. The van der Waals surface area contributed by atoms with Gasteiger partial charge in [-0.2, -0.15) is 0 Å². The molecule has 15 atom stereocenters. The van der Waals surface area contributed by atoms with E-state index >= 15 is 0 Å². The van der Waals surface area contributed by atoms with Crippen LogP contribution in [0.2, 0.25) is 0 Å². The number of allylic oxidation sites excluding steroid dienone is 1. The van der Waals surface area contributed by atoms with Gasteiger partial charge < -0.3 is 39.7 Å². The molecular weight excluding hydrogens is 540 g/mol. The normalized spacial score (nSPS) is 52.6. The number of carbonyl (C=O) groups excluding carboxylic acids is 1. The minimum absolute atomic E-state index is 0.00884. The minimum Gasteiger partial charge on any atom is -0.394 e. The lowest BCUT2D eigenvalue weighted by molar-refractivity contribution is -0.303. The lowest BCUT2D eigenvalue weighted by Crippen LogP contribution is -2.59. The van der Waals surface area contributed by atoms with E-state index in [0.29, 0.717) is 48.7 Å². The molecule has 6 rings (SSSR count). The Labute approximate surface area is 249 Å². The molecule has 3 saturated carbocycles. The molecule has 9 nitrogen and oxygen atoms in total. The number of ether oxygens (including phenoxy) is 3.